The highest BCUT2D eigenvalue weighted by Gasteiger charge is 2.20. The molecule has 0 aliphatic carbocycles. The van der Waals surface area contributed by atoms with Gasteiger partial charge in [-0.15, -0.1) is 0 Å². The SMILES string of the molecule is COc1ccc(Nc2c(N/N=C/c3cccc(OC)c3O)c(=O)c2=O)cc1. The second-order valence-corrected chi connectivity index (χ2v) is 5.53. The van der Waals surface area contributed by atoms with E-state index in [-0.39, 0.29) is 17.1 Å². The molecule has 8 nitrogen and oxygen atoms in total. The Balaban J connectivity index is 1.76. The highest BCUT2D eigenvalue weighted by atomic mass is 16.5. The number of hydrogen-bond donors (Lipinski definition) is 3. The molecular formula is C19H17N3O5. The van der Waals surface area contributed by atoms with Gasteiger partial charge in [0.25, 0.3) is 10.9 Å². The zero-order chi connectivity index (χ0) is 19.4. The van der Waals surface area contributed by atoms with Crippen molar-refractivity contribution in [2.75, 3.05) is 25.0 Å². The predicted molar refractivity (Wildman–Crippen MR) is 104 cm³/mol. The second kappa shape index (κ2) is 7.61. The Morgan fingerprint density at radius 1 is 0.963 bits per heavy atom. The molecule has 27 heavy (non-hydrogen) atoms. The summed E-state index contributed by atoms with van der Waals surface area (Å²) in [5, 5.41) is 16.8. The Hall–Kier alpha value is -3.81. The lowest BCUT2D eigenvalue weighted by Gasteiger charge is -2.12. The van der Waals surface area contributed by atoms with Gasteiger partial charge in [0.2, 0.25) is 0 Å². The summed E-state index contributed by atoms with van der Waals surface area (Å²) >= 11 is 0. The molecule has 0 aliphatic rings. The maximum atomic E-state index is 11.8. The van der Waals surface area contributed by atoms with Gasteiger partial charge in [0.15, 0.2) is 11.5 Å². The minimum absolute atomic E-state index is 0.0504. The molecule has 3 N–H and O–H groups in total. The van der Waals surface area contributed by atoms with Crippen LogP contribution in [0.2, 0.25) is 0 Å². The first kappa shape index (κ1) is 18.0. The van der Waals surface area contributed by atoms with Gasteiger partial charge in [-0.1, -0.05) is 6.07 Å². The average Bonchev–Trinajstić information content (AvgIpc) is 2.71. The molecule has 0 unspecified atom stereocenters. The number of benzene rings is 2. The largest absolute Gasteiger partial charge is 0.504 e. The molecule has 0 heterocycles. The standard InChI is InChI=1S/C19H17N3O5/c1-26-13-8-6-12(7-9-13)21-15-16(19(25)18(15)24)22-20-10-11-4-3-5-14(27-2)17(11)23/h3-10,21-23H,1-2H3/b20-10+. The number of phenols is 1. The number of phenolic OH excluding ortho intramolecular Hbond substituents is 1. The number of nitrogens with zero attached hydrogens (tertiary/aromatic N) is 1. The van der Waals surface area contributed by atoms with Gasteiger partial charge >= 0.3 is 0 Å². The Morgan fingerprint density at radius 2 is 1.67 bits per heavy atom. The van der Waals surface area contributed by atoms with E-state index >= 15 is 0 Å². The third-order valence-corrected chi connectivity index (χ3v) is 3.90. The van der Waals surface area contributed by atoms with E-state index in [2.05, 4.69) is 15.8 Å². The molecule has 3 aromatic rings. The van der Waals surface area contributed by atoms with E-state index in [0.717, 1.165) is 0 Å². The first-order valence-corrected chi connectivity index (χ1v) is 7.94. The maximum Gasteiger partial charge on any atom is 0.255 e. The van der Waals surface area contributed by atoms with Gasteiger partial charge in [-0.25, -0.2) is 0 Å². The van der Waals surface area contributed by atoms with Crippen molar-refractivity contribution in [1.29, 1.82) is 0 Å². The van der Waals surface area contributed by atoms with E-state index in [4.69, 9.17) is 9.47 Å². The summed E-state index contributed by atoms with van der Waals surface area (Å²) in [5.74, 6) is 0.897. The minimum atomic E-state index is -0.668. The normalized spacial score (nSPS) is 10.9. The summed E-state index contributed by atoms with van der Waals surface area (Å²) in [6, 6.07) is 11.8. The molecule has 0 bridgehead atoms. The van der Waals surface area contributed by atoms with Crippen LogP contribution in [0, 0.1) is 0 Å². The van der Waals surface area contributed by atoms with E-state index in [1.165, 1.54) is 13.3 Å². The van der Waals surface area contributed by atoms with Gasteiger partial charge in [0.05, 0.1) is 20.4 Å². The molecule has 8 heteroatoms. The van der Waals surface area contributed by atoms with Crippen LogP contribution in [0.15, 0.2) is 57.2 Å². The summed E-state index contributed by atoms with van der Waals surface area (Å²) < 4.78 is 10.1. The third kappa shape index (κ3) is 3.59. The summed E-state index contributed by atoms with van der Waals surface area (Å²) in [5.41, 5.74) is 2.44. The van der Waals surface area contributed by atoms with E-state index in [1.807, 2.05) is 0 Å². The molecule has 138 valence electrons. The Kier molecular flexibility index (Phi) is 5.07. The number of para-hydroxylation sites is 1. The average molecular weight is 367 g/mol. The molecule has 3 aromatic carbocycles. The van der Waals surface area contributed by atoms with Gasteiger partial charge in [0, 0.05) is 11.3 Å². The van der Waals surface area contributed by atoms with Crippen LogP contribution in [-0.2, 0) is 0 Å². The van der Waals surface area contributed by atoms with Crippen molar-refractivity contribution >= 4 is 23.3 Å². The summed E-state index contributed by atoms with van der Waals surface area (Å²) in [4.78, 5) is 23.6. The molecule has 0 saturated carbocycles. The van der Waals surface area contributed by atoms with Gasteiger partial charge in [-0.2, -0.15) is 5.10 Å². The molecule has 0 spiro atoms. The van der Waals surface area contributed by atoms with Crippen LogP contribution in [0.3, 0.4) is 0 Å². The van der Waals surface area contributed by atoms with E-state index in [9.17, 15) is 14.7 Å². The third-order valence-electron chi connectivity index (χ3n) is 3.90. The van der Waals surface area contributed by atoms with Gasteiger partial charge in [0.1, 0.15) is 17.1 Å². The topological polar surface area (TPSA) is 109 Å². The molecule has 0 aliphatic heterocycles. The number of rotatable bonds is 7. The van der Waals surface area contributed by atoms with Crippen molar-refractivity contribution < 1.29 is 14.6 Å². The zero-order valence-corrected chi connectivity index (χ0v) is 14.6. The molecule has 0 amide bonds. The van der Waals surface area contributed by atoms with Crippen molar-refractivity contribution in [3.63, 3.8) is 0 Å². The Morgan fingerprint density at radius 3 is 2.33 bits per heavy atom. The summed E-state index contributed by atoms with van der Waals surface area (Å²) in [7, 11) is 2.99. The smallest absolute Gasteiger partial charge is 0.255 e. The number of aromatic hydroxyl groups is 1. The van der Waals surface area contributed by atoms with Crippen LogP contribution in [-0.4, -0.2) is 25.5 Å². The molecule has 0 atom stereocenters. The number of hydrazone groups is 1. The Bertz CT molecular complexity index is 1050. The fourth-order valence-electron chi connectivity index (χ4n) is 2.41. The van der Waals surface area contributed by atoms with Crippen molar-refractivity contribution in [3.8, 4) is 17.2 Å². The fourth-order valence-corrected chi connectivity index (χ4v) is 2.41. The van der Waals surface area contributed by atoms with Gasteiger partial charge in [-0.3, -0.25) is 15.0 Å². The first-order valence-electron chi connectivity index (χ1n) is 7.94. The van der Waals surface area contributed by atoms with Crippen LogP contribution in [0.1, 0.15) is 5.56 Å². The van der Waals surface area contributed by atoms with Gasteiger partial charge in [-0.05, 0) is 36.4 Å². The lowest BCUT2D eigenvalue weighted by Crippen LogP contribution is -2.35. The lowest BCUT2D eigenvalue weighted by atomic mass is 10.2. The zero-order valence-electron chi connectivity index (χ0n) is 14.6. The molecule has 0 aromatic heterocycles. The van der Waals surface area contributed by atoms with Crippen molar-refractivity contribution in [3.05, 3.63) is 68.5 Å². The summed E-state index contributed by atoms with van der Waals surface area (Å²) in [6.45, 7) is 0. The Labute approximate surface area is 154 Å². The quantitative estimate of drug-likeness (QED) is 0.334. The summed E-state index contributed by atoms with van der Waals surface area (Å²) in [6.07, 6.45) is 1.33. The molecule has 0 radical (unpaired) electrons. The predicted octanol–water partition coefficient (Wildman–Crippen LogP) is 2.19. The molecule has 0 saturated heterocycles. The number of hydrogen-bond acceptors (Lipinski definition) is 8. The number of methoxy groups -OCH3 is 2. The highest BCUT2D eigenvalue weighted by molar-refractivity contribution is 5.86. The molecule has 0 fully saturated rings. The van der Waals surface area contributed by atoms with Gasteiger partial charge < -0.3 is 19.9 Å². The lowest BCUT2D eigenvalue weighted by molar-refractivity contribution is 0.373. The van der Waals surface area contributed by atoms with Crippen LogP contribution < -0.4 is 31.1 Å². The van der Waals surface area contributed by atoms with E-state index < -0.39 is 10.9 Å². The highest BCUT2D eigenvalue weighted by Crippen LogP contribution is 2.28. The van der Waals surface area contributed by atoms with Crippen LogP contribution in [0.4, 0.5) is 17.1 Å². The van der Waals surface area contributed by atoms with Crippen molar-refractivity contribution in [2.24, 2.45) is 5.10 Å². The minimum Gasteiger partial charge on any atom is -0.504 e. The van der Waals surface area contributed by atoms with Crippen molar-refractivity contribution in [2.45, 2.75) is 0 Å². The van der Waals surface area contributed by atoms with E-state index in [1.54, 1.807) is 49.6 Å². The monoisotopic (exact) mass is 367 g/mol. The van der Waals surface area contributed by atoms with E-state index in [0.29, 0.717) is 22.7 Å². The first-order chi connectivity index (χ1) is 13.0. The second-order valence-electron chi connectivity index (χ2n) is 5.53. The molecule has 3 rings (SSSR count). The number of nitrogens with one attached hydrogen (secondary N) is 2. The molecular weight excluding hydrogens is 350 g/mol. The van der Waals surface area contributed by atoms with Crippen LogP contribution in [0.25, 0.3) is 0 Å². The van der Waals surface area contributed by atoms with Crippen LogP contribution >= 0.6 is 0 Å². The fraction of sp³-hybridized carbons (Fsp3) is 0.105. The van der Waals surface area contributed by atoms with Crippen molar-refractivity contribution in [1.82, 2.24) is 0 Å². The number of ether oxygens (including phenoxy) is 2. The van der Waals surface area contributed by atoms with Crippen LogP contribution in [0.5, 0.6) is 17.2 Å². The number of anilines is 3. The maximum absolute atomic E-state index is 11.8.